The number of fused-ring (bicyclic) bond motifs is 1. The Labute approximate surface area is 193 Å². The normalized spacial score (nSPS) is 16.7. The fraction of sp³-hybridized carbons (Fsp3) is 0.182. The van der Waals surface area contributed by atoms with Gasteiger partial charge in [-0.1, -0.05) is 18.2 Å². The third kappa shape index (κ3) is 4.19. The Morgan fingerprint density at radius 3 is 2.41 bits per heavy atom. The number of ether oxygens (including phenoxy) is 2. The Morgan fingerprint density at radius 1 is 1.09 bits per heavy atom. The van der Waals surface area contributed by atoms with Crippen LogP contribution in [0.3, 0.4) is 0 Å². The van der Waals surface area contributed by atoms with Crippen molar-refractivity contribution in [3.05, 3.63) is 88.0 Å². The Morgan fingerprint density at radius 2 is 1.76 bits per heavy atom. The number of sulfonamides is 1. The minimum absolute atomic E-state index is 0.0635. The number of rotatable bonds is 6. The van der Waals surface area contributed by atoms with Crippen molar-refractivity contribution in [2.24, 2.45) is 0 Å². The zero-order chi connectivity index (χ0) is 24.6. The molecule has 0 saturated heterocycles. The zero-order valence-corrected chi connectivity index (χ0v) is 18.9. The van der Waals surface area contributed by atoms with Crippen LogP contribution in [-0.2, 0) is 32.6 Å². The Kier molecular flexibility index (Phi) is 6.00. The van der Waals surface area contributed by atoms with E-state index in [2.05, 4.69) is 5.32 Å². The van der Waals surface area contributed by atoms with Crippen LogP contribution in [0.5, 0.6) is 5.75 Å². The molecule has 178 valence electrons. The molecule has 4 rings (SSSR count). The van der Waals surface area contributed by atoms with Gasteiger partial charge in [-0.2, -0.15) is 0 Å². The van der Waals surface area contributed by atoms with Gasteiger partial charge in [0, 0.05) is 6.54 Å². The number of nitrogens with zero attached hydrogens (tertiary/aromatic N) is 2. The van der Waals surface area contributed by atoms with E-state index < -0.39 is 40.1 Å². The van der Waals surface area contributed by atoms with Crippen molar-refractivity contribution in [3.8, 4) is 5.75 Å². The summed E-state index contributed by atoms with van der Waals surface area (Å²) in [6.07, 6.45) is 1.08. The summed E-state index contributed by atoms with van der Waals surface area (Å²) in [5.41, 5.74) is 0.839. The van der Waals surface area contributed by atoms with Gasteiger partial charge in [0.15, 0.2) is 11.6 Å². The lowest BCUT2D eigenvalue weighted by atomic mass is 10.2. The van der Waals surface area contributed by atoms with E-state index in [1.807, 2.05) is 0 Å². The van der Waals surface area contributed by atoms with Crippen LogP contribution >= 0.6 is 0 Å². The lowest BCUT2D eigenvalue weighted by molar-refractivity contribution is -0.120. The molecule has 3 amide bonds. The van der Waals surface area contributed by atoms with E-state index in [9.17, 15) is 26.8 Å². The summed E-state index contributed by atoms with van der Waals surface area (Å²) in [4.78, 5) is 26.1. The molecule has 34 heavy (non-hydrogen) atoms. The highest BCUT2D eigenvalue weighted by Crippen LogP contribution is 2.35. The van der Waals surface area contributed by atoms with E-state index in [0.717, 1.165) is 28.8 Å². The van der Waals surface area contributed by atoms with Gasteiger partial charge in [0.1, 0.15) is 10.7 Å². The van der Waals surface area contributed by atoms with E-state index in [-0.39, 0.29) is 28.7 Å². The van der Waals surface area contributed by atoms with Gasteiger partial charge in [-0.15, -0.1) is 0 Å². The molecule has 1 N–H and O–H groups in total. The van der Waals surface area contributed by atoms with Crippen molar-refractivity contribution < 1.29 is 36.3 Å². The molecule has 0 aliphatic carbocycles. The predicted molar refractivity (Wildman–Crippen MR) is 115 cm³/mol. The van der Waals surface area contributed by atoms with E-state index in [4.69, 9.17) is 9.47 Å². The molecule has 0 spiro atoms. The molecule has 12 heteroatoms. The predicted octanol–water partition coefficient (Wildman–Crippen LogP) is 2.92. The molecule has 0 saturated carbocycles. The minimum Gasteiger partial charge on any atom is -0.497 e. The Bertz CT molecular complexity index is 1340. The van der Waals surface area contributed by atoms with Gasteiger partial charge in [0.2, 0.25) is 11.6 Å². The number of benzene rings is 2. The summed E-state index contributed by atoms with van der Waals surface area (Å²) in [5.74, 6) is -2.88. The quantitative estimate of drug-likeness (QED) is 0.666. The molecule has 0 atom stereocenters. The standard InChI is InChI=1S/C22H19F2N3O6S/c1-13-21-26(12-19(33-21)20(28)25-10-14-3-6-16(32-2)7-4-14)22(29)27(34(13,30)31)11-15-5-8-17(23)18(24)9-15/h3-9,12H,10-11H2,1-2H3,(H,25,28). The third-order valence-corrected chi connectivity index (χ3v) is 7.03. The first-order valence-electron chi connectivity index (χ1n) is 9.93. The van der Waals surface area contributed by atoms with Crippen molar-refractivity contribution in [2.45, 2.75) is 20.0 Å². The average Bonchev–Trinajstić information content (AvgIpc) is 3.27. The van der Waals surface area contributed by atoms with E-state index >= 15 is 0 Å². The topological polar surface area (TPSA) is 105 Å². The molecular weight excluding hydrogens is 472 g/mol. The van der Waals surface area contributed by atoms with Gasteiger partial charge >= 0.3 is 6.03 Å². The summed E-state index contributed by atoms with van der Waals surface area (Å²) in [5, 5.41) is 2.63. The number of hydrogen-bond donors (Lipinski definition) is 1. The number of nitrogens with one attached hydrogen (secondary N) is 1. The molecule has 0 unspecified atom stereocenters. The first-order valence-corrected chi connectivity index (χ1v) is 11.4. The molecule has 2 aliphatic heterocycles. The van der Waals surface area contributed by atoms with Crippen molar-refractivity contribution in [2.75, 3.05) is 7.11 Å². The molecule has 9 nitrogen and oxygen atoms in total. The number of amides is 3. The molecule has 0 fully saturated rings. The fourth-order valence-electron chi connectivity index (χ4n) is 3.31. The van der Waals surface area contributed by atoms with Gasteiger partial charge in [-0.05, 0) is 42.3 Å². The molecule has 2 aromatic carbocycles. The van der Waals surface area contributed by atoms with Crippen LogP contribution in [0.15, 0.2) is 65.2 Å². The van der Waals surface area contributed by atoms with E-state index in [1.54, 1.807) is 24.3 Å². The lowest BCUT2D eigenvalue weighted by Gasteiger charge is -2.31. The second-order valence-corrected chi connectivity index (χ2v) is 9.40. The van der Waals surface area contributed by atoms with Gasteiger partial charge in [-0.3, -0.25) is 4.79 Å². The van der Waals surface area contributed by atoms with Crippen LogP contribution in [0.1, 0.15) is 18.1 Å². The van der Waals surface area contributed by atoms with Crippen molar-refractivity contribution in [1.29, 1.82) is 0 Å². The molecular formula is C22H19F2N3O6S. The summed E-state index contributed by atoms with van der Waals surface area (Å²) in [6.45, 7) is 0.830. The number of urea groups is 1. The fourth-order valence-corrected chi connectivity index (χ4v) is 4.62. The smallest absolute Gasteiger partial charge is 0.345 e. The highest BCUT2D eigenvalue weighted by molar-refractivity contribution is 7.93. The maximum Gasteiger partial charge on any atom is 0.345 e. The molecule has 2 aromatic rings. The maximum atomic E-state index is 13.6. The highest BCUT2D eigenvalue weighted by Gasteiger charge is 2.46. The van der Waals surface area contributed by atoms with Gasteiger partial charge in [-0.25, -0.2) is 31.2 Å². The average molecular weight is 491 g/mol. The highest BCUT2D eigenvalue weighted by atomic mass is 32.2. The summed E-state index contributed by atoms with van der Waals surface area (Å²) in [7, 11) is -2.80. The molecule has 0 bridgehead atoms. The Hall–Kier alpha value is -3.93. The van der Waals surface area contributed by atoms with Crippen LogP contribution in [0.25, 0.3) is 0 Å². The first kappa shape index (κ1) is 23.2. The molecule has 2 aliphatic rings. The van der Waals surface area contributed by atoms with Gasteiger partial charge in [0.25, 0.3) is 15.9 Å². The van der Waals surface area contributed by atoms with Gasteiger partial charge < -0.3 is 14.8 Å². The van der Waals surface area contributed by atoms with Crippen molar-refractivity contribution >= 4 is 22.0 Å². The first-order chi connectivity index (χ1) is 16.1. The van der Waals surface area contributed by atoms with Gasteiger partial charge in [0.05, 0.1) is 19.9 Å². The van der Waals surface area contributed by atoms with Crippen molar-refractivity contribution in [1.82, 2.24) is 14.5 Å². The maximum absolute atomic E-state index is 13.6. The number of hydrogen-bond acceptors (Lipinski definition) is 6. The Balaban J connectivity index is 1.53. The van der Waals surface area contributed by atoms with Crippen LogP contribution in [-0.4, -0.2) is 36.7 Å². The SMILES string of the molecule is COc1ccc(CNC(=O)C2=CN3C(=O)N(Cc4ccc(F)c(F)c4)S(=O)(=O)C(C)=C3O2)cc1. The number of methoxy groups -OCH3 is 1. The van der Waals surface area contributed by atoms with Crippen LogP contribution < -0.4 is 10.1 Å². The second-order valence-electron chi connectivity index (χ2n) is 7.40. The second kappa shape index (κ2) is 8.78. The van der Waals surface area contributed by atoms with Crippen LogP contribution in [0.2, 0.25) is 0 Å². The number of allylic oxidation sites excluding steroid dienone is 1. The number of halogens is 2. The monoisotopic (exact) mass is 491 g/mol. The van der Waals surface area contributed by atoms with Crippen LogP contribution in [0.4, 0.5) is 13.6 Å². The third-order valence-electron chi connectivity index (χ3n) is 5.22. The molecule has 2 heterocycles. The van der Waals surface area contributed by atoms with Crippen LogP contribution in [0, 0.1) is 11.6 Å². The molecule has 0 radical (unpaired) electrons. The summed E-state index contributed by atoms with van der Waals surface area (Å²) in [6, 6.07) is 8.76. The lowest BCUT2D eigenvalue weighted by Crippen LogP contribution is -2.47. The van der Waals surface area contributed by atoms with E-state index in [0.29, 0.717) is 10.1 Å². The minimum atomic E-state index is -4.33. The van der Waals surface area contributed by atoms with E-state index in [1.165, 1.54) is 20.1 Å². The zero-order valence-electron chi connectivity index (χ0n) is 18.0. The largest absolute Gasteiger partial charge is 0.497 e. The number of carbonyl (C=O) groups is 2. The summed E-state index contributed by atoms with van der Waals surface area (Å²) >= 11 is 0. The molecule has 0 aromatic heterocycles. The van der Waals surface area contributed by atoms with Crippen molar-refractivity contribution in [3.63, 3.8) is 0 Å². The summed E-state index contributed by atoms with van der Waals surface area (Å²) < 4.78 is 63.5. The number of carbonyl (C=O) groups excluding carboxylic acids is 2.